The third-order valence-electron chi connectivity index (χ3n) is 4.73. The standard InChI is InChI=1S/C19H21N5O4/c1-23-16-9-12(13(10-20)11-21-7-2-8-25)3-4-14(16)24(19(23)28)15-5-6-17(26)22-18(15)27/h3-4,8-11,15H,2,5-7,20H2,1H3,(H,22,26,27)/b13-10+,21-11?. The SMILES string of the molecule is Cn1c(=O)n(C2CCC(=O)NC2=O)c2ccc(/C(C=NCCC=O)=C/N)cc21. The number of imidazole rings is 1. The van der Waals surface area contributed by atoms with Crippen LogP contribution >= 0.6 is 0 Å². The lowest BCUT2D eigenvalue weighted by Gasteiger charge is -2.21. The van der Waals surface area contributed by atoms with E-state index in [1.165, 1.54) is 15.3 Å². The average Bonchev–Trinajstić information content (AvgIpc) is 2.93. The first-order valence-electron chi connectivity index (χ1n) is 8.88. The van der Waals surface area contributed by atoms with Crippen molar-refractivity contribution in [1.82, 2.24) is 14.5 Å². The molecule has 9 heteroatoms. The third-order valence-corrected chi connectivity index (χ3v) is 4.73. The van der Waals surface area contributed by atoms with Gasteiger partial charge in [0.15, 0.2) is 0 Å². The molecule has 0 radical (unpaired) electrons. The van der Waals surface area contributed by atoms with Crippen LogP contribution in [0.5, 0.6) is 0 Å². The van der Waals surface area contributed by atoms with E-state index < -0.39 is 11.9 Å². The molecule has 146 valence electrons. The van der Waals surface area contributed by atoms with Crippen molar-refractivity contribution in [1.29, 1.82) is 0 Å². The molecule has 1 aliphatic heterocycles. The van der Waals surface area contributed by atoms with Gasteiger partial charge < -0.3 is 10.5 Å². The van der Waals surface area contributed by atoms with Crippen LogP contribution in [0.2, 0.25) is 0 Å². The Morgan fingerprint density at radius 3 is 2.79 bits per heavy atom. The molecule has 2 heterocycles. The monoisotopic (exact) mass is 383 g/mol. The smallest absolute Gasteiger partial charge is 0.329 e. The molecule has 3 N–H and O–H groups in total. The minimum absolute atomic E-state index is 0.189. The molecular formula is C19H21N5O4. The van der Waals surface area contributed by atoms with Crippen LogP contribution in [0.3, 0.4) is 0 Å². The van der Waals surface area contributed by atoms with Gasteiger partial charge >= 0.3 is 5.69 Å². The molecule has 0 saturated carbocycles. The van der Waals surface area contributed by atoms with Crippen molar-refractivity contribution in [2.75, 3.05) is 6.54 Å². The molecule has 0 spiro atoms. The number of aryl methyl sites for hydroxylation is 1. The molecule has 1 fully saturated rings. The van der Waals surface area contributed by atoms with Gasteiger partial charge in [0.2, 0.25) is 11.8 Å². The number of allylic oxidation sites excluding steroid dienone is 1. The largest absolute Gasteiger partial charge is 0.404 e. The van der Waals surface area contributed by atoms with Crippen molar-refractivity contribution < 1.29 is 14.4 Å². The molecule has 2 amide bonds. The number of aromatic nitrogens is 2. The summed E-state index contributed by atoms with van der Waals surface area (Å²) < 4.78 is 2.88. The summed E-state index contributed by atoms with van der Waals surface area (Å²) >= 11 is 0. The molecule has 1 aromatic heterocycles. The molecular weight excluding hydrogens is 362 g/mol. The number of nitrogens with two attached hydrogens (primary N) is 1. The van der Waals surface area contributed by atoms with E-state index in [1.807, 2.05) is 0 Å². The molecule has 28 heavy (non-hydrogen) atoms. The van der Waals surface area contributed by atoms with E-state index in [1.54, 1.807) is 31.5 Å². The van der Waals surface area contributed by atoms with Gasteiger partial charge in [-0.1, -0.05) is 6.07 Å². The number of hydrogen-bond donors (Lipinski definition) is 2. The topological polar surface area (TPSA) is 129 Å². The number of piperidine rings is 1. The highest BCUT2D eigenvalue weighted by Gasteiger charge is 2.31. The summed E-state index contributed by atoms with van der Waals surface area (Å²) in [5.74, 6) is -0.803. The number of rotatable bonds is 6. The molecule has 1 aliphatic rings. The Labute approximate surface area is 160 Å². The third kappa shape index (κ3) is 3.51. The summed E-state index contributed by atoms with van der Waals surface area (Å²) in [5, 5.41) is 2.29. The Kier molecular flexibility index (Phi) is 5.53. The predicted octanol–water partition coefficient (Wildman–Crippen LogP) is 0.277. The van der Waals surface area contributed by atoms with Gasteiger partial charge in [-0.25, -0.2) is 4.79 Å². The van der Waals surface area contributed by atoms with Crippen molar-refractivity contribution in [2.45, 2.75) is 25.3 Å². The molecule has 9 nitrogen and oxygen atoms in total. The summed E-state index contributed by atoms with van der Waals surface area (Å²) in [6, 6.07) is 4.60. The van der Waals surface area contributed by atoms with Crippen LogP contribution in [0.1, 0.15) is 30.9 Å². The molecule has 1 unspecified atom stereocenters. The summed E-state index contributed by atoms with van der Waals surface area (Å²) in [7, 11) is 1.63. The van der Waals surface area contributed by atoms with Gasteiger partial charge in [0.05, 0.1) is 11.0 Å². The number of nitrogens with zero attached hydrogens (tertiary/aromatic N) is 3. The maximum absolute atomic E-state index is 12.8. The van der Waals surface area contributed by atoms with Crippen LogP contribution in [0.15, 0.2) is 34.2 Å². The number of aldehydes is 1. The summed E-state index contributed by atoms with van der Waals surface area (Å²) in [4.78, 5) is 51.0. The van der Waals surface area contributed by atoms with Gasteiger partial charge in [0, 0.05) is 44.4 Å². The number of hydrogen-bond acceptors (Lipinski definition) is 6. The van der Waals surface area contributed by atoms with E-state index in [0.29, 0.717) is 29.6 Å². The van der Waals surface area contributed by atoms with Gasteiger partial charge in [-0.05, 0) is 24.1 Å². The normalized spacial score (nSPS) is 18.0. The van der Waals surface area contributed by atoms with E-state index in [9.17, 15) is 19.2 Å². The van der Waals surface area contributed by atoms with E-state index in [0.717, 1.165) is 11.8 Å². The second-order valence-electron chi connectivity index (χ2n) is 6.49. The lowest BCUT2D eigenvalue weighted by Crippen LogP contribution is -2.44. The van der Waals surface area contributed by atoms with Crippen molar-refractivity contribution in [3.8, 4) is 0 Å². The quantitative estimate of drug-likeness (QED) is 0.320. The average molecular weight is 383 g/mol. The lowest BCUT2D eigenvalue weighted by molar-refractivity contribution is -0.135. The van der Waals surface area contributed by atoms with Crippen LogP contribution in [-0.2, 0) is 21.4 Å². The van der Waals surface area contributed by atoms with E-state index >= 15 is 0 Å². The zero-order valence-corrected chi connectivity index (χ0v) is 15.4. The Bertz CT molecular complexity index is 1060. The first kappa shape index (κ1) is 19.3. The molecule has 0 bridgehead atoms. The van der Waals surface area contributed by atoms with E-state index in [2.05, 4.69) is 10.3 Å². The second kappa shape index (κ2) is 8.03. The summed E-state index contributed by atoms with van der Waals surface area (Å²) in [6.45, 7) is 0.369. The van der Waals surface area contributed by atoms with Crippen LogP contribution in [0.25, 0.3) is 16.6 Å². The first-order chi connectivity index (χ1) is 13.5. The van der Waals surface area contributed by atoms with Gasteiger partial charge in [0.25, 0.3) is 0 Å². The van der Waals surface area contributed by atoms with Crippen LogP contribution < -0.4 is 16.7 Å². The highest BCUT2D eigenvalue weighted by atomic mass is 16.2. The number of amides is 2. The predicted molar refractivity (Wildman–Crippen MR) is 105 cm³/mol. The van der Waals surface area contributed by atoms with Crippen molar-refractivity contribution >= 4 is 40.9 Å². The number of benzene rings is 1. The number of carbonyl (C=O) groups is 3. The summed E-state index contributed by atoms with van der Waals surface area (Å²) in [6.07, 6.45) is 4.58. The number of nitrogens with one attached hydrogen (secondary N) is 1. The number of aliphatic imine (C=N–C) groups is 1. The number of fused-ring (bicyclic) bond motifs is 1. The van der Waals surface area contributed by atoms with Crippen LogP contribution in [0.4, 0.5) is 0 Å². The molecule has 1 saturated heterocycles. The maximum atomic E-state index is 12.8. The molecule has 0 aliphatic carbocycles. The van der Waals surface area contributed by atoms with Gasteiger partial charge in [-0.3, -0.25) is 29.0 Å². The fraction of sp³-hybridized carbons (Fsp3) is 0.316. The molecule has 2 aromatic rings. The van der Waals surface area contributed by atoms with Crippen LogP contribution in [0, 0.1) is 0 Å². The zero-order chi connectivity index (χ0) is 20.3. The fourth-order valence-electron chi connectivity index (χ4n) is 3.28. The Hall–Kier alpha value is -3.49. The van der Waals surface area contributed by atoms with Crippen molar-refractivity contribution in [3.63, 3.8) is 0 Å². The van der Waals surface area contributed by atoms with Crippen molar-refractivity contribution in [3.05, 3.63) is 40.4 Å². The number of carbonyl (C=O) groups excluding carboxylic acids is 3. The molecule has 3 rings (SSSR count). The Balaban J connectivity index is 2.02. The summed E-state index contributed by atoms with van der Waals surface area (Å²) in [5.41, 5.74) is 8.00. The highest BCUT2D eigenvalue weighted by Crippen LogP contribution is 2.25. The van der Waals surface area contributed by atoms with Crippen LogP contribution in [-0.4, -0.2) is 40.0 Å². The number of imide groups is 1. The van der Waals surface area contributed by atoms with Gasteiger partial charge in [-0.15, -0.1) is 0 Å². The fourth-order valence-corrected chi connectivity index (χ4v) is 3.28. The Morgan fingerprint density at radius 2 is 2.11 bits per heavy atom. The maximum Gasteiger partial charge on any atom is 0.329 e. The lowest BCUT2D eigenvalue weighted by atomic mass is 10.0. The van der Waals surface area contributed by atoms with Gasteiger partial charge in [-0.2, -0.15) is 0 Å². The first-order valence-corrected chi connectivity index (χ1v) is 8.88. The minimum Gasteiger partial charge on any atom is -0.404 e. The molecule has 1 atom stereocenters. The molecule has 1 aromatic carbocycles. The minimum atomic E-state index is -0.728. The zero-order valence-electron chi connectivity index (χ0n) is 15.4. The van der Waals surface area contributed by atoms with E-state index in [4.69, 9.17) is 5.73 Å². The van der Waals surface area contributed by atoms with E-state index in [-0.39, 0.29) is 24.4 Å². The van der Waals surface area contributed by atoms with Crippen molar-refractivity contribution in [2.24, 2.45) is 17.8 Å². The second-order valence-corrected chi connectivity index (χ2v) is 6.49. The highest BCUT2D eigenvalue weighted by molar-refractivity contribution is 6.10. The Morgan fingerprint density at radius 1 is 1.32 bits per heavy atom. The van der Waals surface area contributed by atoms with Gasteiger partial charge in [0.1, 0.15) is 12.3 Å².